The lowest BCUT2D eigenvalue weighted by Crippen LogP contribution is -2.50. The molecule has 2 N–H and O–H groups in total. The van der Waals surface area contributed by atoms with Crippen LogP contribution in [0.1, 0.15) is 29.9 Å². The maximum atomic E-state index is 13.0. The topological polar surface area (TPSA) is 106 Å². The number of ether oxygens (including phenoxy) is 3. The summed E-state index contributed by atoms with van der Waals surface area (Å²) in [6.07, 6.45) is 2.24. The van der Waals surface area contributed by atoms with Crippen molar-refractivity contribution in [3.63, 3.8) is 0 Å². The van der Waals surface area contributed by atoms with Gasteiger partial charge >= 0.3 is 12.0 Å². The van der Waals surface area contributed by atoms with E-state index in [9.17, 15) is 9.59 Å². The highest BCUT2D eigenvalue weighted by molar-refractivity contribution is 5.84. The van der Waals surface area contributed by atoms with E-state index in [0.717, 1.165) is 17.0 Å². The molecular weight excluding hydrogens is 364 g/mol. The van der Waals surface area contributed by atoms with Gasteiger partial charge < -0.3 is 29.4 Å². The van der Waals surface area contributed by atoms with Gasteiger partial charge in [0.25, 0.3) is 0 Å². The maximum Gasteiger partial charge on any atom is 0.328 e. The highest BCUT2D eigenvalue weighted by Gasteiger charge is 2.37. The molecule has 0 saturated heterocycles. The van der Waals surface area contributed by atoms with Crippen LogP contribution in [-0.4, -0.2) is 60.8 Å². The van der Waals surface area contributed by atoms with Crippen molar-refractivity contribution in [3.05, 3.63) is 41.5 Å². The second kappa shape index (κ2) is 8.20. The number of nitrogens with one attached hydrogen (secondary N) is 2. The van der Waals surface area contributed by atoms with E-state index in [1.807, 2.05) is 12.1 Å². The third-order valence-corrected chi connectivity index (χ3v) is 4.81. The maximum absolute atomic E-state index is 13.0. The Balaban J connectivity index is 2.02. The summed E-state index contributed by atoms with van der Waals surface area (Å²) in [5.74, 6) is 0.581. The Bertz CT molecular complexity index is 866. The van der Waals surface area contributed by atoms with Gasteiger partial charge in [-0.3, -0.25) is 0 Å². The number of benzene rings is 1. The normalized spacial score (nSPS) is 16.7. The van der Waals surface area contributed by atoms with Gasteiger partial charge in [-0.2, -0.15) is 0 Å². The average Bonchev–Trinajstić information content (AvgIpc) is 3.20. The zero-order chi connectivity index (χ0) is 20.3. The van der Waals surface area contributed by atoms with Crippen molar-refractivity contribution in [3.8, 4) is 11.5 Å². The summed E-state index contributed by atoms with van der Waals surface area (Å²) in [5.41, 5.74) is 2.44. The molecule has 1 aromatic heterocycles. The number of aromatic nitrogens is 2. The smallest absolute Gasteiger partial charge is 0.328 e. The average molecular weight is 388 g/mol. The first kappa shape index (κ1) is 19.5. The number of aromatic amines is 1. The molecule has 1 unspecified atom stereocenters. The van der Waals surface area contributed by atoms with E-state index in [1.165, 1.54) is 7.11 Å². The summed E-state index contributed by atoms with van der Waals surface area (Å²) in [7, 11) is 4.40. The second-order valence-corrected chi connectivity index (χ2v) is 6.39. The molecule has 9 nitrogen and oxygen atoms in total. The van der Waals surface area contributed by atoms with Crippen LogP contribution in [-0.2, 0) is 16.0 Å². The molecule has 0 spiro atoms. The fraction of sp³-hybridized carbons (Fsp3) is 0.421. The minimum Gasteiger partial charge on any atom is -0.493 e. The number of carbonyl (C=O) groups excluding carboxylic acids is 2. The van der Waals surface area contributed by atoms with Gasteiger partial charge in [-0.1, -0.05) is 12.1 Å². The van der Waals surface area contributed by atoms with Crippen LogP contribution in [0.2, 0.25) is 0 Å². The minimum atomic E-state index is -0.772. The van der Waals surface area contributed by atoms with E-state index in [1.54, 1.807) is 38.4 Å². The van der Waals surface area contributed by atoms with Crippen molar-refractivity contribution in [2.75, 3.05) is 27.9 Å². The van der Waals surface area contributed by atoms with E-state index >= 15 is 0 Å². The van der Waals surface area contributed by atoms with Gasteiger partial charge in [-0.05, 0) is 13.0 Å². The van der Waals surface area contributed by atoms with Crippen LogP contribution >= 0.6 is 0 Å². The Hall–Kier alpha value is -3.23. The van der Waals surface area contributed by atoms with Crippen molar-refractivity contribution in [1.82, 2.24) is 20.2 Å². The Labute approximate surface area is 163 Å². The SMILES string of the molecule is COC(=O)[C@H](C)NC(=O)N1CCc2[nH]cnc2C1c1cccc(OC)c1OC. The number of H-pyrrole nitrogens is 1. The summed E-state index contributed by atoms with van der Waals surface area (Å²) >= 11 is 0. The molecule has 1 aliphatic rings. The van der Waals surface area contributed by atoms with Crippen LogP contribution in [0.4, 0.5) is 4.79 Å². The zero-order valence-corrected chi connectivity index (χ0v) is 16.3. The van der Waals surface area contributed by atoms with Crippen molar-refractivity contribution < 1.29 is 23.8 Å². The molecular formula is C19H24N4O5. The molecule has 2 heterocycles. The number of hydrogen-bond donors (Lipinski definition) is 2. The van der Waals surface area contributed by atoms with Crippen molar-refractivity contribution >= 4 is 12.0 Å². The number of esters is 1. The number of imidazole rings is 1. The van der Waals surface area contributed by atoms with E-state index in [-0.39, 0.29) is 6.03 Å². The molecule has 150 valence electrons. The highest BCUT2D eigenvalue weighted by Crippen LogP contribution is 2.41. The van der Waals surface area contributed by atoms with Crippen molar-refractivity contribution in [2.24, 2.45) is 0 Å². The number of fused-ring (bicyclic) bond motifs is 1. The monoisotopic (exact) mass is 388 g/mol. The molecule has 2 aromatic rings. The zero-order valence-electron chi connectivity index (χ0n) is 16.3. The highest BCUT2D eigenvalue weighted by atomic mass is 16.5. The third kappa shape index (κ3) is 3.47. The third-order valence-electron chi connectivity index (χ3n) is 4.81. The summed E-state index contributed by atoms with van der Waals surface area (Å²) in [6.45, 7) is 2.02. The predicted molar refractivity (Wildman–Crippen MR) is 100 cm³/mol. The molecule has 2 amide bonds. The van der Waals surface area contributed by atoms with E-state index in [0.29, 0.717) is 24.5 Å². The summed E-state index contributed by atoms with van der Waals surface area (Å²) in [5, 5.41) is 2.69. The van der Waals surface area contributed by atoms with E-state index in [4.69, 9.17) is 14.2 Å². The number of carbonyl (C=O) groups is 2. The summed E-state index contributed by atoms with van der Waals surface area (Å²) in [6, 6.07) is 3.85. The lowest BCUT2D eigenvalue weighted by molar-refractivity contribution is -0.142. The second-order valence-electron chi connectivity index (χ2n) is 6.39. The molecule has 0 bridgehead atoms. The molecule has 1 aliphatic heterocycles. The first-order valence-corrected chi connectivity index (χ1v) is 8.89. The Morgan fingerprint density at radius 2 is 2.07 bits per heavy atom. The molecule has 1 aromatic carbocycles. The molecule has 0 radical (unpaired) electrons. The Kier molecular flexibility index (Phi) is 5.72. The summed E-state index contributed by atoms with van der Waals surface area (Å²) in [4.78, 5) is 33.9. The standard InChI is InChI=1S/C19H24N4O5/c1-11(18(24)28-4)22-19(25)23-9-8-13-15(21-10-20-13)16(23)12-6-5-7-14(26-2)17(12)27-3/h5-7,10-11,16H,8-9H2,1-4H3,(H,20,21)(H,22,25)/t11-,16?/m0/s1. The van der Waals surface area contributed by atoms with Crippen molar-refractivity contribution in [1.29, 1.82) is 0 Å². The molecule has 28 heavy (non-hydrogen) atoms. The molecule has 0 aliphatic carbocycles. The number of hydrogen-bond acceptors (Lipinski definition) is 6. The van der Waals surface area contributed by atoms with Gasteiger partial charge in [0.15, 0.2) is 11.5 Å². The van der Waals surface area contributed by atoms with Crippen LogP contribution in [0.15, 0.2) is 24.5 Å². The van der Waals surface area contributed by atoms with Gasteiger partial charge in [-0.15, -0.1) is 0 Å². The van der Waals surface area contributed by atoms with Gasteiger partial charge in [0.05, 0.1) is 33.4 Å². The number of para-hydroxylation sites is 1. The lowest BCUT2D eigenvalue weighted by Gasteiger charge is -2.36. The molecule has 3 rings (SSSR count). The van der Waals surface area contributed by atoms with Gasteiger partial charge in [0, 0.05) is 24.2 Å². The van der Waals surface area contributed by atoms with Gasteiger partial charge in [0.1, 0.15) is 12.1 Å². The number of methoxy groups -OCH3 is 3. The number of nitrogens with zero attached hydrogens (tertiary/aromatic N) is 2. The summed E-state index contributed by atoms with van der Waals surface area (Å²) < 4.78 is 15.7. The predicted octanol–water partition coefficient (Wildman–Crippen LogP) is 1.65. The fourth-order valence-electron chi connectivity index (χ4n) is 3.44. The molecule has 9 heteroatoms. The van der Waals surface area contributed by atoms with Crippen LogP contribution < -0.4 is 14.8 Å². The number of rotatable bonds is 5. The van der Waals surface area contributed by atoms with Gasteiger partial charge in [-0.25, -0.2) is 14.6 Å². The first-order valence-electron chi connectivity index (χ1n) is 8.89. The van der Waals surface area contributed by atoms with Crippen molar-refractivity contribution in [2.45, 2.75) is 25.4 Å². The minimum absolute atomic E-state index is 0.388. The van der Waals surface area contributed by atoms with Gasteiger partial charge in [0.2, 0.25) is 0 Å². The van der Waals surface area contributed by atoms with E-state index in [2.05, 4.69) is 15.3 Å². The van der Waals surface area contributed by atoms with Crippen LogP contribution in [0, 0.1) is 0 Å². The Morgan fingerprint density at radius 3 is 2.75 bits per heavy atom. The van der Waals surface area contributed by atoms with Crippen LogP contribution in [0.5, 0.6) is 11.5 Å². The molecule has 0 saturated carbocycles. The number of amides is 2. The Morgan fingerprint density at radius 1 is 1.29 bits per heavy atom. The number of urea groups is 1. The lowest BCUT2D eigenvalue weighted by atomic mass is 9.95. The van der Waals surface area contributed by atoms with E-state index < -0.39 is 18.1 Å². The van der Waals surface area contributed by atoms with Crippen LogP contribution in [0.25, 0.3) is 0 Å². The van der Waals surface area contributed by atoms with Crippen LogP contribution in [0.3, 0.4) is 0 Å². The quantitative estimate of drug-likeness (QED) is 0.755. The largest absolute Gasteiger partial charge is 0.493 e. The first-order chi connectivity index (χ1) is 13.5. The molecule has 2 atom stereocenters. The fourth-order valence-corrected chi connectivity index (χ4v) is 3.44. The molecule has 0 fully saturated rings.